The fourth-order valence-electron chi connectivity index (χ4n) is 2.77. The summed E-state index contributed by atoms with van der Waals surface area (Å²) in [6, 6.07) is 11.8. The highest BCUT2D eigenvalue weighted by molar-refractivity contribution is 7.89. The molecule has 0 fully saturated rings. The maximum atomic E-state index is 12.5. The Morgan fingerprint density at radius 3 is 2.23 bits per heavy atom. The van der Waals surface area contributed by atoms with Crippen LogP contribution in [0.1, 0.15) is 40.1 Å². The predicted molar refractivity (Wildman–Crippen MR) is 114 cm³/mol. The summed E-state index contributed by atoms with van der Waals surface area (Å²) in [5.74, 6) is -1.80. The van der Waals surface area contributed by atoms with Crippen molar-refractivity contribution in [3.05, 3.63) is 65.2 Å². The van der Waals surface area contributed by atoms with Crippen LogP contribution in [0, 0.1) is 0 Å². The molecule has 0 heterocycles. The number of esters is 1. The number of nitrogens with zero attached hydrogens (tertiary/aromatic N) is 1. The molecule has 2 rings (SSSR count). The van der Waals surface area contributed by atoms with Gasteiger partial charge in [-0.15, -0.1) is 0 Å². The van der Waals surface area contributed by atoms with Crippen molar-refractivity contribution in [2.24, 2.45) is 5.73 Å². The number of carbonyl (C=O) groups excluding carboxylic acids is 3. The minimum atomic E-state index is -3.61. The van der Waals surface area contributed by atoms with Gasteiger partial charge in [0.2, 0.25) is 15.9 Å². The van der Waals surface area contributed by atoms with E-state index in [9.17, 15) is 22.8 Å². The number of carbonyl (C=O) groups is 3. The van der Waals surface area contributed by atoms with Gasteiger partial charge in [0.15, 0.2) is 0 Å². The van der Waals surface area contributed by atoms with Gasteiger partial charge in [-0.3, -0.25) is 14.4 Å². The normalized spacial score (nSPS) is 11.2. The minimum absolute atomic E-state index is 0.0757. The molecule has 10 heteroatoms. The first-order chi connectivity index (χ1) is 14.7. The van der Waals surface area contributed by atoms with Gasteiger partial charge in [0.1, 0.15) is 13.2 Å². The second-order valence-electron chi connectivity index (χ2n) is 6.52. The molecular formula is C21H25N3O6S. The van der Waals surface area contributed by atoms with E-state index in [0.29, 0.717) is 24.2 Å². The number of benzene rings is 2. The summed E-state index contributed by atoms with van der Waals surface area (Å²) in [4.78, 5) is 35.4. The van der Waals surface area contributed by atoms with Crippen molar-refractivity contribution in [2.45, 2.75) is 25.3 Å². The van der Waals surface area contributed by atoms with Crippen LogP contribution in [0.5, 0.6) is 0 Å². The molecule has 2 aromatic rings. The molecular weight excluding hydrogens is 422 g/mol. The van der Waals surface area contributed by atoms with Gasteiger partial charge in [-0.1, -0.05) is 26.0 Å². The molecule has 0 spiro atoms. The lowest BCUT2D eigenvalue weighted by Gasteiger charge is -2.18. The van der Waals surface area contributed by atoms with Crippen molar-refractivity contribution in [1.29, 1.82) is 0 Å². The molecule has 0 aliphatic carbocycles. The molecule has 9 nitrogen and oxygen atoms in total. The third-order valence-corrected chi connectivity index (χ3v) is 6.53. The van der Waals surface area contributed by atoms with Gasteiger partial charge >= 0.3 is 5.97 Å². The van der Waals surface area contributed by atoms with E-state index in [1.165, 1.54) is 34.6 Å². The van der Waals surface area contributed by atoms with E-state index in [1.807, 2.05) is 0 Å². The van der Waals surface area contributed by atoms with Gasteiger partial charge in [0, 0.05) is 24.2 Å². The SMILES string of the molecule is CCN(CC)S(=O)(=O)c1ccc(C(=O)NCC(=O)OCc2cccc(C(N)=O)c2)cc1. The molecule has 0 saturated heterocycles. The lowest BCUT2D eigenvalue weighted by molar-refractivity contribution is -0.143. The van der Waals surface area contributed by atoms with Gasteiger partial charge in [-0.05, 0) is 42.0 Å². The fraction of sp³-hybridized carbons (Fsp3) is 0.286. The number of nitrogens with one attached hydrogen (secondary N) is 1. The van der Waals surface area contributed by atoms with Crippen molar-refractivity contribution < 1.29 is 27.5 Å². The molecule has 2 aromatic carbocycles. The van der Waals surface area contributed by atoms with Crippen molar-refractivity contribution in [2.75, 3.05) is 19.6 Å². The third kappa shape index (κ3) is 6.37. The van der Waals surface area contributed by atoms with Crippen LogP contribution in [0.4, 0.5) is 0 Å². The molecule has 0 unspecified atom stereocenters. The summed E-state index contributed by atoms with van der Waals surface area (Å²) in [6.45, 7) is 3.74. The van der Waals surface area contributed by atoms with Crippen molar-refractivity contribution in [3.63, 3.8) is 0 Å². The van der Waals surface area contributed by atoms with E-state index in [4.69, 9.17) is 10.5 Å². The van der Waals surface area contributed by atoms with E-state index in [1.54, 1.807) is 32.0 Å². The number of rotatable bonds is 10. The molecule has 31 heavy (non-hydrogen) atoms. The van der Waals surface area contributed by atoms with Crippen LogP contribution in [-0.2, 0) is 26.2 Å². The minimum Gasteiger partial charge on any atom is -0.460 e. The second-order valence-corrected chi connectivity index (χ2v) is 8.46. The Morgan fingerprint density at radius 2 is 1.65 bits per heavy atom. The maximum absolute atomic E-state index is 12.5. The highest BCUT2D eigenvalue weighted by Crippen LogP contribution is 2.16. The number of primary amides is 1. The van der Waals surface area contributed by atoms with Gasteiger partial charge < -0.3 is 15.8 Å². The van der Waals surface area contributed by atoms with E-state index in [2.05, 4.69) is 5.32 Å². The Labute approximate surface area is 181 Å². The summed E-state index contributed by atoms with van der Waals surface area (Å²) >= 11 is 0. The Balaban J connectivity index is 1.90. The van der Waals surface area contributed by atoms with Crippen LogP contribution >= 0.6 is 0 Å². The van der Waals surface area contributed by atoms with E-state index in [-0.39, 0.29) is 23.6 Å². The van der Waals surface area contributed by atoms with E-state index >= 15 is 0 Å². The maximum Gasteiger partial charge on any atom is 0.325 e. The molecule has 0 radical (unpaired) electrons. The topological polar surface area (TPSA) is 136 Å². The van der Waals surface area contributed by atoms with Gasteiger partial charge in [-0.25, -0.2) is 8.42 Å². The molecule has 0 bridgehead atoms. The number of hydrogen-bond acceptors (Lipinski definition) is 6. The summed E-state index contributed by atoms with van der Waals surface area (Å²) in [7, 11) is -3.61. The van der Waals surface area contributed by atoms with Gasteiger partial charge in [0.05, 0.1) is 4.90 Å². The predicted octanol–water partition coefficient (Wildman–Crippen LogP) is 1.29. The van der Waals surface area contributed by atoms with E-state index in [0.717, 1.165) is 0 Å². The quantitative estimate of drug-likeness (QED) is 0.527. The molecule has 0 atom stereocenters. The first-order valence-electron chi connectivity index (χ1n) is 9.61. The zero-order valence-electron chi connectivity index (χ0n) is 17.3. The smallest absolute Gasteiger partial charge is 0.325 e. The van der Waals surface area contributed by atoms with Gasteiger partial charge in [-0.2, -0.15) is 4.31 Å². The molecule has 3 N–H and O–H groups in total. The van der Waals surface area contributed by atoms with Gasteiger partial charge in [0.25, 0.3) is 5.91 Å². The Kier molecular flexibility index (Phi) is 8.29. The largest absolute Gasteiger partial charge is 0.460 e. The number of nitrogens with two attached hydrogens (primary N) is 1. The second kappa shape index (κ2) is 10.7. The fourth-order valence-corrected chi connectivity index (χ4v) is 4.23. The van der Waals surface area contributed by atoms with Crippen LogP contribution in [0.15, 0.2) is 53.4 Å². The first kappa shape index (κ1) is 24.0. The van der Waals surface area contributed by atoms with Crippen molar-refractivity contribution in [1.82, 2.24) is 9.62 Å². The molecule has 0 saturated carbocycles. The monoisotopic (exact) mass is 447 g/mol. The molecule has 2 amide bonds. The van der Waals surface area contributed by atoms with Crippen LogP contribution in [0.25, 0.3) is 0 Å². The first-order valence-corrected chi connectivity index (χ1v) is 11.1. The number of sulfonamides is 1. The van der Waals surface area contributed by atoms with E-state index < -0.39 is 27.8 Å². The number of ether oxygens (including phenoxy) is 1. The summed E-state index contributed by atoms with van der Waals surface area (Å²) < 4.78 is 31.3. The molecule has 0 aliphatic heterocycles. The average Bonchev–Trinajstić information content (AvgIpc) is 2.77. The Bertz CT molecular complexity index is 1050. The standard InChI is InChI=1S/C21H25N3O6S/c1-3-24(4-2)31(28,29)18-10-8-16(9-11-18)21(27)23-13-19(25)30-14-15-6-5-7-17(12-15)20(22)26/h5-12H,3-4,13-14H2,1-2H3,(H2,22,26)(H,23,27). The molecule has 166 valence electrons. The molecule has 0 aliphatic rings. The third-order valence-electron chi connectivity index (χ3n) is 4.46. The van der Waals surface area contributed by atoms with Crippen LogP contribution in [0.2, 0.25) is 0 Å². The summed E-state index contributed by atoms with van der Waals surface area (Å²) in [5.41, 5.74) is 6.30. The zero-order chi connectivity index (χ0) is 23.0. The lowest BCUT2D eigenvalue weighted by atomic mass is 10.1. The van der Waals surface area contributed by atoms with Crippen LogP contribution in [-0.4, -0.2) is 50.1 Å². The number of amides is 2. The van der Waals surface area contributed by atoms with Crippen molar-refractivity contribution in [3.8, 4) is 0 Å². The summed E-state index contributed by atoms with van der Waals surface area (Å²) in [6.07, 6.45) is 0. The molecule has 0 aromatic heterocycles. The summed E-state index contributed by atoms with van der Waals surface area (Å²) in [5, 5.41) is 2.42. The Morgan fingerprint density at radius 1 is 1.00 bits per heavy atom. The highest BCUT2D eigenvalue weighted by Gasteiger charge is 2.21. The van der Waals surface area contributed by atoms with Crippen molar-refractivity contribution >= 4 is 27.8 Å². The van der Waals surface area contributed by atoms with Crippen LogP contribution in [0.3, 0.4) is 0 Å². The van der Waals surface area contributed by atoms with Crippen LogP contribution < -0.4 is 11.1 Å². The number of hydrogen-bond donors (Lipinski definition) is 2. The zero-order valence-corrected chi connectivity index (χ0v) is 18.1. The highest BCUT2D eigenvalue weighted by atomic mass is 32.2. The Hall–Kier alpha value is -3.24. The lowest BCUT2D eigenvalue weighted by Crippen LogP contribution is -2.31. The average molecular weight is 448 g/mol.